The lowest BCUT2D eigenvalue weighted by Crippen LogP contribution is -2.13. The van der Waals surface area contributed by atoms with E-state index in [1.807, 2.05) is 19.9 Å². The van der Waals surface area contributed by atoms with E-state index >= 15 is 0 Å². The molecular weight excluding hydrogens is 112 g/mol. The Hall–Kier alpha value is -0.590. The molecule has 1 heteroatoms. The van der Waals surface area contributed by atoms with E-state index in [0.717, 1.165) is 0 Å². The number of Topliss-reactive ketones (excluding diaryl/α,β-unsaturated/α-hetero) is 1. The summed E-state index contributed by atoms with van der Waals surface area (Å²) in [6.45, 7) is 9.15. The third-order valence-electron chi connectivity index (χ3n) is 1.80. The Morgan fingerprint density at radius 2 is 2.00 bits per heavy atom. The first-order chi connectivity index (χ1) is 4.09. The zero-order chi connectivity index (χ0) is 7.44. The molecule has 0 bridgehead atoms. The largest absolute Gasteiger partial charge is 0.300 e. The van der Waals surface area contributed by atoms with E-state index < -0.39 is 0 Å². The minimum Gasteiger partial charge on any atom is -0.300 e. The Kier molecular flexibility index (Phi) is 3.21. The first kappa shape index (κ1) is 8.41. The summed E-state index contributed by atoms with van der Waals surface area (Å²) < 4.78 is 0. The third kappa shape index (κ3) is 2.45. The fraction of sp³-hybridized carbons (Fsp3) is 0.625. The van der Waals surface area contributed by atoms with Gasteiger partial charge < -0.3 is 0 Å². The summed E-state index contributed by atoms with van der Waals surface area (Å²) >= 11 is 0. The molecular formula is C8H14O. The highest BCUT2D eigenvalue weighted by Crippen LogP contribution is 2.11. The monoisotopic (exact) mass is 126 g/mol. The summed E-state index contributed by atoms with van der Waals surface area (Å²) in [5.41, 5.74) is 0. The maximum Gasteiger partial charge on any atom is 0.133 e. The molecule has 0 aromatic carbocycles. The van der Waals surface area contributed by atoms with Gasteiger partial charge in [-0.1, -0.05) is 19.9 Å². The smallest absolute Gasteiger partial charge is 0.133 e. The van der Waals surface area contributed by atoms with Crippen LogP contribution in [0.2, 0.25) is 0 Å². The molecule has 0 heterocycles. The molecule has 2 unspecified atom stereocenters. The van der Waals surface area contributed by atoms with E-state index in [4.69, 9.17) is 0 Å². The Morgan fingerprint density at radius 3 is 2.11 bits per heavy atom. The maximum atomic E-state index is 10.7. The number of rotatable bonds is 3. The number of hydrogen-bond donors (Lipinski definition) is 0. The van der Waals surface area contributed by atoms with Crippen molar-refractivity contribution in [2.24, 2.45) is 11.8 Å². The van der Waals surface area contributed by atoms with Crippen LogP contribution in [0, 0.1) is 11.8 Å². The van der Waals surface area contributed by atoms with Crippen molar-refractivity contribution in [2.45, 2.75) is 20.8 Å². The zero-order valence-electron chi connectivity index (χ0n) is 6.35. The lowest BCUT2D eigenvalue weighted by Gasteiger charge is -2.10. The molecule has 0 aliphatic carbocycles. The minimum atomic E-state index is 0.127. The van der Waals surface area contributed by atoms with Crippen molar-refractivity contribution >= 4 is 5.78 Å². The second kappa shape index (κ2) is 3.44. The summed E-state index contributed by atoms with van der Waals surface area (Å²) in [7, 11) is 0. The van der Waals surface area contributed by atoms with Crippen LogP contribution in [0.15, 0.2) is 12.7 Å². The molecule has 0 aliphatic rings. The standard InChI is InChI=1S/C8H14O/c1-5-6(2)7(3)8(4)9/h5-7H,1H2,2-4H3. The van der Waals surface area contributed by atoms with Gasteiger partial charge in [-0.05, 0) is 12.8 Å². The molecule has 0 aromatic heterocycles. The summed E-state index contributed by atoms with van der Waals surface area (Å²) in [6.07, 6.45) is 1.81. The molecule has 0 amide bonds. The molecule has 1 nitrogen and oxygen atoms in total. The van der Waals surface area contributed by atoms with Crippen molar-refractivity contribution in [2.75, 3.05) is 0 Å². The molecule has 2 atom stereocenters. The van der Waals surface area contributed by atoms with Gasteiger partial charge in [0.1, 0.15) is 5.78 Å². The SMILES string of the molecule is C=CC(C)C(C)C(C)=O. The van der Waals surface area contributed by atoms with Gasteiger partial charge in [-0.15, -0.1) is 6.58 Å². The van der Waals surface area contributed by atoms with Crippen molar-refractivity contribution in [3.05, 3.63) is 12.7 Å². The van der Waals surface area contributed by atoms with Crippen LogP contribution >= 0.6 is 0 Å². The van der Waals surface area contributed by atoms with Gasteiger partial charge in [0, 0.05) is 5.92 Å². The van der Waals surface area contributed by atoms with Gasteiger partial charge in [0.15, 0.2) is 0 Å². The maximum absolute atomic E-state index is 10.7. The van der Waals surface area contributed by atoms with E-state index in [2.05, 4.69) is 6.58 Å². The van der Waals surface area contributed by atoms with Crippen LogP contribution in [-0.2, 0) is 4.79 Å². The molecule has 0 saturated heterocycles. The topological polar surface area (TPSA) is 17.1 Å². The van der Waals surface area contributed by atoms with Gasteiger partial charge in [-0.3, -0.25) is 4.79 Å². The highest BCUT2D eigenvalue weighted by Gasteiger charge is 2.12. The van der Waals surface area contributed by atoms with E-state index in [1.54, 1.807) is 6.92 Å². The fourth-order valence-corrected chi connectivity index (χ4v) is 0.574. The Balaban J connectivity index is 3.86. The summed E-state index contributed by atoms with van der Waals surface area (Å²) in [4.78, 5) is 10.7. The lowest BCUT2D eigenvalue weighted by molar-refractivity contribution is -0.121. The number of carbonyl (C=O) groups excluding carboxylic acids is 1. The highest BCUT2D eigenvalue weighted by atomic mass is 16.1. The molecule has 52 valence electrons. The quantitative estimate of drug-likeness (QED) is 0.529. The number of hydrogen-bond acceptors (Lipinski definition) is 1. The second-order valence-corrected chi connectivity index (χ2v) is 2.49. The van der Waals surface area contributed by atoms with E-state index in [1.165, 1.54) is 0 Å². The van der Waals surface area contributed by atoms with Crippen LogP contribution in [0.4, 0.5) is 0 Å². The van der Waals surface area contributed by atoms with Gasteiger partial charge in [0.2, 0.25) is 0 Å². The molecule has 0 spiro atoms. The number of allylic oxidation sites excluding steroid dienone is 1. The van der Waals surface area contributed by atoms with Crippen LogP contribution in [0.25, 0.3) is 0 Å². The zero-order valence-corrected chi connectivity index (χ0v) is 6.35. The van der Waals surface area contributed by atoms with Crippen LogP contribution in [-0.4, -0.2) is 5.78 Å². The van der Waals surface area contributed by atoms with Crippen molar-refractivity contribution in [1.82, 2.24) is 0 Å². The van der Waals surface area contributed by atoms with Gasteiger partial charge >= 0.3 is 0 Å². The second-order valence-electron chi connectivity index (χ2n) is 2.49. The minimum absolute atomic E-state index is 0.127. The van der Waals surface area contributed by atoms with Crippen LogP contribution in [0.5, 0.6) is 0 Å². The van der Waals surface area contributed by atoms with Gasteiger partial charge in [-0.25, -0.2) is 0 Å². The molecule has 0 aromatic rings. The molecule has 0 fully saturated rings. The Bertz CT molecular complexity index is 116. The normalized spacial score (nSPS) is 16.3. The van der Waals surface area contributed by atoms with Crippen molar-refractivity contribution in [1.29, 1.82) is 0 Å². The molecule has 0 saturated carbocycles. The summed E-state index contributed by atoms with van der Waals surface area (Å²) in [5.74, 6) is 0.674. The fourth-order valence-electron chi connectivity index (χ4n) is 0.574. The number of ketones is 1. The molecule has 9 heavy (non-hydrogen) atoms. The van der Waals surface area contributed by atoms with Crippen LogP contribution in [0.3, 0.4) is 0 Å². The molecule has 0 aliphatic heterocycles. The summed E-state index contributed by atoms with van der Waals surface area (Å²) in [5, 5.41) is 0. The van der Waals surface area contributed by atoms with Crippen molar-refractivity contribution in [3.8, 4) is 0 Å². The predicted molar refractivity (Wildman–Crippen MR) is 39.2 cm³/mol. The van der Waals surface area contributed by atoms with Crippen molar-refractivity contribution in [3.63, 3.8) is 0 Å². The first-order valence-corrected chi connectivity index (χ1v) is 3.22. The average molecular weight is 126 g/mol. The Morgan fingerprint density at radius 1 is 1.56 bits per heavy atom. The number of carbonyl (C=O) groups is 1. The van der Waals surface area contributed by atoms with Gasteiger partial charge in [-0.2, -0.15) is 0 Å². The van der Waals surface area contributed by atoms with Gasteiger partial charge in [0.05, 0.1) is 0 Å². The predicted octanol–water partition coefficient (Wildman–Crippen LogP) is 2.03. The lowest BCUT2D eigenvalue weighted by atomic mass is 9.93. The van der Waals surface area contributed by atoms with Crippen LogP contribution < -0.4 is 0 Å². The highest BCUT2D eigenvalue weighted by molar-refractivity contribution is 5.78. The molecule has 0 N–H and O–H groups in total. The van der Waals surface area contributed by atoms with Gasteiger partial charge in [0.25, 0.3) is 0 Å². The van der Waals surface area contributed by atoms with Crippen molar-refractivity contribution < 1.29 is 4.79 Å². The van der Waals surface area contributed by atoms with Crippen LogP contribution in [0.1, 0.15) is 20.8 Å². The van der Waals surface area contributed by atoms with E-state index in [9.17, 15) is 4.79 Å². The Labute approximate surface area is 56.8 Å². The third-order valence-corrected chi connectivity index (χ3v) is 1.80. The van der Waals surface area contributed by atoms with E-state index in [0.29, 0.717) is 5.92 Å². The molecule has 0 rings (SSSR count). The summed E-state index contributed by atoms with van der Waals surface area (Å²) in [6, 6.07) is 0. The first-order valence-electron chi connectivity index (χ1n) is 3.22. The molecule has 0 radical (unpaired) electrons. The van der Waals surface area contributed by atoms with E-state index in [-0.39, 0.29) is 11.7 Å². The average Bonchev–Trinajstić information content (AvgIpc) is 1.84.